The van der Waals surface area contributed by atoms with Crippen molar-refractivity contribution in [1.29, 1.82) is 0 Å². The van der Waals surface area contributed by atoms with E-state index in [1.807, 2.05) is 6.07 Å². The van der Waals surface area contributed by atoms with Crippen LogP contribution in [0.2, 0.25) is 0 Å². The topological polar surface area (TPSA) is 16.4 Å². The third kappa shape index (κ3) is 5.75. The molecule has 262 valence electrons. The molecule has 0 bridgehead atoms. The molecule has 10 rings (SSSR count). The molecule has 9 aromatic rings. The fourth-order valence-corrected chi connectivity index (χ4v) is 8.42. The molecule has 0 aliphatic heterocycles. The van der Waals surface area contributed by atoms with Crippen molar-refractivity contribution in [3.63, 3.8) is 0 Å². The third-order valence-corrected chi connectivity index (χ3v) is 11.3. The lowest BCUT2D eigenvalue weighted by atomic mass is 9.80. The fourth-order valence-electron chi connectivity index (χ4n) is 8.42. The van der Waals surface area contributed by atoms with Crippen LogP contribution in [0, 0.1) is 0 Å². The first-order valence-corrected chi connectivity index (χ1v) is 19.0. The monoisotopic (exact) mass is 705 g/mol. The quantitative estimate of drug-likeness (QED) is 0.164. The average molecular weight is 706 g/mol. The van der Waals surface area contributed by atoms with Crippen LogP contribution in [0.5, 0.6) is 0 Å². The molecule has 0 unspecified atom stereocenters. The summed E-state index contributed by atoms with van der Waals surface area (Å²) in [6.07, 6.45) is 0. The van der Waals surface area contributed by atoms with Crippen LogP contribution in [-0.2, 0) is 5.41 Å². The second-order valence-corrected chi connectivity index (χ2v) is 15.0. The maximum Gasteiger partial charge on any atom is 0.139 e. The van der Waals surface area contributed by atoms with Gasteiger partial charge in [-0.2, -0.15) is 0 Å². The molecule has 55 heavy (non-hydrogen) atoms. The molecule has 1 aliphatic rings. The van der Waals surface area contributed by atoms with E-state index in [4.69, 9.17) is 4.42 Å². The van der Waals surface area contributed by atoms with Gasteiger partial charge < -0.3 is 9.32 Å². The van der Waals surface area contributed by atoms with Gasteiger partial charge in [-0.25, -0.2) is 0 Å². The summed E-state index contributed by atoms with van der Waals surface area (Å²) in [6, 6.07) is 72.0. The Hall–Kier alpha value is -6.90. The van der Waals surface area contributed by atoms with E-state index in [0.29, 0.717) is 0 Å². The minimum Gasteiger partial charge on any atom is -0.456 e. The van der Waals surface area contributed by atoms with Gasteiger partial charge in [0, 0.05) is 39.0 Å². The van der Waals surface area contributed by atoms with E-state index in [-0.39, 0.29) is 5.41 Å². The number of anilines is 3. The van der Waals surface area contributed by atoms with Gasteiger partial charge >= 0.3 is 0 Å². The van der Waals surface area contributed by atoms with Crippen molar-refractivity contribution in [3.05, 3.63) is 211 Å². The fraction of sp³-hybridized carbons (Fsp3) is 0.0566. The average Bonchev–Trinajstić information content (AvgIpc) is 3.75. The predicted octanol–water partition coefficient (Wildman–Crippen LogP) is 14.9. The van der Waals surface area contributed by atoms with Gasteiger partial charge in [-0.15, -0.1) is 0 Å². The molecule has 2 nitrogen and oxygen atoms in total. The standard InChI is InChI=1S/C53H39NO/c1-53(2)49-35-43(26-33-47(49)52-51(53)48-18-9-10-19-50(48)55-52)42-17-11-16-41(34-42)40-24-31-46(32-25-40)54(44-27-20-38(21-28-44)36-12-5-3-6-13-36)45-29-22-39(23-30-45)37-14-7-4-8-15-37/h3-35H,1-2H3. The molecule has 1 aliphatic carbocycles. The Bertz CT molecular complexity index is 2710. The number of benzene rings is 8. The first-order chi connectivity index (χ1) is 27.0. The van der Waals surface area contributed by atoms with Crippen LogP contribution in [0.4, 0.5) is 17.1 Å². The van der Waals surface area contributed by atoms with Crippen LogP contribution >= 0.6 is 0 Å². The number of para-hydroxylation sites is 1. The van der Waals surface area contributed by atoms with Crippen molar-refractivity contribution in [1.82, 2.24) is 0 Å². The van der Waals surface area contributed by atoms with E-state index in [0.717, 1.165) is 28.4 Å². The van der Waals surface area contributed by atoms with Gasteiger partial charge in [-0.3, -0.25) is 0 Å². The molecule has 1 aromatic heterocycles. The van der Waals surface area contributed by atoms with Crippen molar-refractivity contribution in [3.8, 4) is 55.8 Å². The number of nitrogens with zero attached hydrogens (tertiary/aromatic N) is 1. The van der Waals surface area contributed by atoms with Crippen LogP contribution in [0.15, 0.2) is 205 Å². The number of furan rings is 1. The Balaban J connectivity index is 0.977. The Kier molecular flexibility index (Phi) is 7.85. The van der Waals surface area contributed by atoms with E-state index in [1.54, 1.807) is 0 Å². The zero-order valence-corrected chi connectivity index (χ0v) is 30.9. The summed E-state index contributed by atoms with van der Waals surface area (Å²) >= 11 is 0. The highest BCUT2D eigenvalue weighted by atomic mass is 16.3. The minimum absolute atomic E-state index is 0.156. The summed E-state index contributed by atoms with van der Waals surface area (Å²) in [4.78, 5) is 2.34. The lowest BCUT2D eigenvalue weighted by Gasteiger charge is -2.26. The van der Waals surface area contributed by atoms with Gasteiger partial charge in [-0.05, 0) is 105 Å². The smallest absolute Gasteiger partial charge is 0.139 e. The second-order valence-electron chi connectivity index (χ2n) is 15.0. The van der Waals surface area contributed by atoms with Gasteiger partial charge in [0.05, 0.1) is 0 Å². The van der Waals surface area contributed by atoms with E-state index in [9.17, 15) is 0 Å². The molecule has 0 saturated heterocycles. The second kappa shape index (κ2) is 13.2. The van der Waals surface area contributed by atoms with E-state index in [2.05, 4.69) is 213 Å². The maximum absolute atomic E-state index is 6.42. The summed E-state index contributed by atoms with van der Waals surface area (Å²) in [7, 11) is 0. The van der Waals surface area contributed by atoms with Crippen molar-refractivity contribution in [2.75, 3.05) is 4.90 Å². The summed E-state index contributed by atoms with van der Waals surface area (Å²) < 4.78 is 6.42. The van der Waals surface area contributed by atoms with Crippen molar-refractivity contribution < 1.29 is 4.42 Å². The Morgan fingerprint density at radius 2 is 0.800 bits per heavy atom. The molecule has 0 N–H and O–H groups in total. The van der Waals surface area contributed by atoms with Crippen LogP contribution in [-0.4, -0.2) is 0 Å². The molecule has 0 spiro atoms. The molecule has 0 saturated carbocycles. The highest BCUT2D eigenvalue weighted by Crippen LogP contribution is 2.53. The molecule has 0 fully saturated rings. The predicted molar refractivity (Wildman–Crippen MR) is 230 cm³/mol. The molecule has 2 heteroatoms. The van der Waals surface area contributed by atoms with Crippen molar-refractivity contribution in [2.45, 2.75) is 19.3 Å². The van der Waals surface area contributed by atoms with Crippen molar-refractivity contribution >= 4 is 28.0 Å². The lowest BCUT2D eigenvalue weighted by molar-refractivity contribution is 0.619. The van der Waals surface area contributed by atoms with Crippen LogP contribution in [0.3, 0.4) is 0 Å². The largest absolute Gasteiger partial charge is 0.456 e. The molecule has 1 heterocycles. The summed E-state index contributed by atoms with van der Waals surface area (Å²) in [5, 5.41) is 1.21. The minimum atomic E-state index is -0.156. The van der Waals surface area contributed by atoms with E-state index in [1.165, 1.54) is 66.6 Å². The van der Waals surface area contributed by atoms with Gasteiger partial charge in [0.2, 0.25) is 0 Å². The SMILES string of the molecule is CC1(C)c2cc(-c3cccc(-c4ccc(N(c5ccc(-c6ccccc6)cc5)c5ccc(-c6ccccc6)cc5)cc4)c3)ccc2-c2oc3ccccc3c21. The van der Waals surface area contributed by atoms with Crippen LogP contribution in [0.25, 0.3) is 66.8 Å². The number of fused-ring (bicyclic) bond motifs is 5. The van der Waals surface area contributed by atoms with Crippen LogP contribution < -0.4 is 4.90 Å². The molecule has 0 amide bonds. The van der Waals surface area contributed by atoms with Gasteiger partial charge in [0.15, 0.2) is 0 Å². The molecule has 8 aromatic carbocycles. The Morgan fingerprint density at radius 1 is 0.382 bits per heavy atom. The number of hydrogen-bond donors (Lipinski definition) is 0. The summed E-state index contributed by atoms with van der Waals surface area (Å²) in [6.45, 7) is 4.64. The number of hydrogen-bond acceptors (Lipinski definition) is 2. The Morgan fingerprint density at radius 3 is 1.36 bits per heavy atom. The molecule has 0 atom stereocenters. The van der Waals surface area contributed by atoms with Crippen molar-refractivity contribution in [2.24, 2.45) is 0 Å². The first-order valence-electron chi connectivity index (χ1n) is 19.0. The third-order valence-electron chi connectivity index (χ3n) is 11.3. The molecular formula is C53H39NO. The summed E-state index contributed by atoms with van der Waals surface area (Å²) in [5.74, 6) is 1.01. The molecule has 0 radical (unpaired) electrons. The van der Waals surface area contributed by atoms with Gasteiger partial charge in [-0.1, -0.05) is 159 Å². The normalized spacial score (nSPS) is 12.7. The maximum atomic E-state index is 6.42. The van der Waals surface area contributed by atoms with Crippen LogP contribution in [0.1, 0.15) is 25.0 Å². The molecular weight excluding hydrogens is 667 g/mol. The highest BCUT2D eigenvalue weighted by molar-refractivity contribution is 5.95. The highest BCUT2D eigenvalue weighted by Gasteiger charge is 2.40. The summed E-state index contributed by atoms with van der Waals surface area (Å²) in [5.41, 5.74) is 17.5. The van der Waals surface area contributed by atoms with E-state index >= 15 is 0 Å². The van der Waals surface area contributed by atoms with E-state index < -0.39 is 0 Å². The zero-order chi connectivity index (χ0) is 36.9. The first kappa shape index (κ1) is 32.7. The van der Waals surface area contributed by atoms with Gasteiger partial charge in [0.1, 0.15) is 11.3 Å². The zero-order valence-electron chi connectivity index (χ0n) is 30.9. The Labute approximate surface area is 322 Å². The number of rotatable bonds is 7. The van der Waals surface area contributed by atoms with Gasteiger partial charge in [0.25, 0.3) is 0 Å². The lowest BCUT2D eigenvalue weighted by Crippen LogP contribution is -2.15.